The Morgan fingerprint density at radius 3 is 2.79 bits per heavy atom. The first-order valence-electron chi connectivity index (χ1n) is 5.41. The number of carbonyl (C=O) groups is 1. The summed E-state index contributed by atoms with van der Waals surface area (Å²) >= 11 is 3.12. The molecule has 0 spiro atoms. The number of carbonyl (C=O) groups excluding carboxylic acids is 1. The molecule has 0 aliphatic heterocycles. The van der Waals surface area contributed by atoms with Crippen LogP contribution in [0, 0.1) is 17.1 Å². The van der Waals surface area contributed by atoms with Crippen molar-refractivity contribution in [2.24, 2.45) is 0 Å². The summed E-state index contributed by atoms with van der Waals surface area (Å²) in [5.74, 6) is -1.96. The second-order valence-corrected chi connectivity index (χ2v) is 4.79. The van der Waals surface area contributed by atoms with Crippen molar-refractivity contribution in [3.8, 4) is 6.07 Å². The summed E-state index contributed by atoms with van der Waals surface area (Å²) in [6.45, 7) is 0. The van der Waals surface area contributed by atoms with E-state index in [2.05, 4.69) is 20.9 Å². The summed E-state index contributed by atoms with van der Waals surface area (Å²) in [7, 11) is 0. The lowest BCUT2D eigenvalue weighted by Gasteiger charge is -2.08. The van der Waals surface area contributed by atoms with Crippen LogP contribution in [0.15, 0.2) is 47.2 Å². The maximum absolute atomic E-state index is 13.3. The van der Waals surface area contributed by atoms with Crippen LogP contribution in [0.5, 0.6) is 0 Å². The van der Waals surface area contributed by atoms with Gasteiger partial charge in [-0.15, -0.1) is 0 Å². The van der Waals surface area contributed by atoms with Crippen LogP contribution in [-0.2, 0) is 0 Å². The number of hydrogen-bond acceptors (Lipinski definition) is 3. The number of Topliss-reactive ketones (excluding diaryl/α,β-unsaturated/α-hetero) is 1. The lowest BCUT2D eigenvalue weighted by atomic mass is 9.93. The van der Waals surface area contributed by atoms with Crippen LogP contribution in [-0.4, -0.2) is 10.8 Å². The molecule has 19 heavy (non-hydrogen) atoms. The first-order valence-corrected chi connectivity index (χ1v) is 6.21. The zero-order chi connectivity index (χ0) is 13.8. The Labute approximate surface area is 117 Å². The molecule has 0 aliphatic carbocycles. The Bertz CT molecular complexity index is 632. The van der Waals surface area contributed by atoms with Crippen molar-refractivity contribution < 1.29 is 9.18 Å². The molecule has 0 N–H and O–H groups in total. The van der Waals surface area contributed by atoms with Gasteiger partial charge in [0.05, 0.1) is 6.07 Å². The molecule has 1 aromatic heterocycles. The maximum Gasteiger partial charge on any atom is 0.184 e. The number of nitriles is 1. The summed E-state index contributed by atoms with van der Waals surface area (Å²) in [4.78, 5) is 16.1. The zero-order valence-electron chi connectivity index (χ0n) is 9.68. The van der Waals surface area contributed by atoms with Crippen LogP contribution in [0.1, 0.15) is 21.8 Å². The predicted octanol–water partition coefficient (Wildman–Crippen LogP) is 3.47. The van der Waals surface area contributed by atoms with E-state index >= 15 is 0 Å². The number of benzene rings is 1. The molecule has 5 heteroatoms. The van der Waals surface area contributed by atoms with Crippen LogP contribution >= 0.6 is 15.9 Å². The predicted molar refractivity (Wildman–Crippen MR) is 71.0 cm³/mol. The SMILES string of the molecule is N#CC(C(=O)c1cc(F)cc(Br)c1)c1cccnc1. The number of aromatic nitrogens is 1. The van der Waals surface area contributed by atoms with Gasteiger partial charge in [-0.2, -0.15) is 5.26 Å². The number of nitrogens with zero attached hydrogens (tertiary/aromatic N) is 2. The second-order valence-electron chi connectivity index (χ2n) is 3.87. The van der Waals surface area contributed by atoms with E-state index in [1.165, 1.54) is 18.3 Å². The number of hydrogen-bond donors (Lipinski definition) is 0. The first kappa shape index (κ1) is 13.4. The molecule has 0 bridgehead atoms. The van der Waals surface area contributed by atoms with Crippen LogP contribution in [0.25, 0.3) is 0 Å². The van der Waals surface area contributed by atoms with E-state index in [4.69, 9.17) is 5.26 Å². The van der Waals surface area contributed by atoms with E-state index in [1.807, 2.05) is 6.07 Å². The summed E-state index contributed by atoms with van der Waals surface area (Å²) < 4.78 is 13.7. The number of ketones is 1. The van der Waals surface area contributed by atoms with E-state index in [1.54, 1.807) is 18.3 Å². The Kier molecular flexibility index (Phi) is 4.03. The van der Waals surface area contributed by atoms with Crippen molar-refractivity contribution in [1.82, 2.24) is 4.98 Å². The average Bonchev–Trinajstić information content (AvgIpc) is 2.39. The number of halogens is 2. The van der Waals surface area contributed by atoms with E-state index in [-0.39, 0.29) is 5.56 Å². The van der Waals surface area contributed by atoms with Gasteiger partial charge in [0.15, 0.2) is 5.78 Å². The van der Waals surface area contributed by atoms with Gasteiger partial charge >= 0.3 is 0 Å². The summed E-state index contributed by atoms with van der Waals surface area (Å²) in [6, 6.07) is 9.08. The topological polar surface area (TPSA) is 53.8 Å². The van der Waals surface area contributed by atoms with Crippen LogP contribution in [0.2, 0.25) is 0 Å². The molecule has 1 atom stereocenters. The Hall–Kier alpha value is -2.06. The van der Waals surface area contributed by atoms with Crippen molar-refractivity contribution in [3.63, 3.8) is 0 Å². The van der Waals surface area contributed by atoms with Crippen LogP contribution < -0.4 is 0 Å². The van der Waals surface area contributed by atoms with Crippen molar-refractivity contribution in [2.45, 2.75) is 5.92 Å². The van der Waals surface area contributed by atoms with Crippen molar-refractivity contribution >= 4 is 21.7 Å². The van der Waals surface area contributed by atoms with Crippen LogP contribution in [0.4, 0.5) is 4.39 Å². The standard InChI is InChI=1S/C14H8BrFN2O/c15-11-4-10(5-12(16)6-11)14(19)13(7-17)9-2-1-3-18-8-9/h1-6,8,13H. The quantitative estimate of drug-likeness (QED) is 0.814. The van der Waals surface area contributed by atoms with Gasteiger partial charge < -0.3 is 0 Å². The average molecular weight is 319 g/mol. The Balaban J connectivity index is 2.40. The van der Waals surface area contributed by atoms with Gasteiger partial charge in [0.1, 0.15) is 11.7 Å². The van der Waals surface area contributed by atoms with Gasteiger partial charge in [-0.3, -0.25) is 9.78 Å². The molecule has 2 rings (SSSR count). The van der Waals surface area contributed by atoms with Gasteiger partial charge in [-0.1, -0.05) is 22.0 Å². The summed E-state index contributed by atoms with van der Waals surface area (Å²) in [5.41, 5.74) is 0.651. The lowest BCUT2D eigenvalue weighted by Crippen LogP contribution is -2.11. The molecule has 1 heterocycles. The van der Waals surface area contributed by atoms with Gasteiger partial charge in [-0.25, -0.2) is 4.39 Å². The highest BCUT2D eigenvalue weighted by molar-refractivity contribution is 9.10. The fraction of sp³-hybridized carbons (Fsp3) is 0.0714. The molecule has 0 saturated heterocycles. The fourth-order valence-electron chi connectivity index (χ4n) is 1.69. The van der Waals surface area contributed by atoms with Crippen molar-refractivity contribution in [3.05, 3.63) is 64.1 Å². The molecule has 94 valence electrons. The normalized spacial score (nSPS) is 11.6. The van der Waals surface area contributed by atoms with Crippen LogP contribution in [0.3, 0.4) is 0 Å². The van der Waals surface area contributed by atoms with Gasteiger partial charge in [0.2, 0.25) is 0 Å². The molecule has 0 fully saturated rings. The molecule has 1 aromatic carbocycles. The Morgan fingerprint density at radius 2 is 2.21 bits per heavy atom. The lowest BCUT2D eigenvalue weighted by molar-refractivity contribution is 0.0978. The monoisotopic (exact) mass is 318 g/mol. The van der Waals surface area contributed by atoms with E-state index < -0.39 is 17.5 Å². The highest BCUT2D eigenvalue weighted by Crippen LogP contribution is 2.22. The van der Waals surface area contributed by atoms with E-state index in [0.29, 0.717) is 10.0 Å². The number of pyridine rings is 1. The van der Waals surface area contributed by atoms with E-state index in [0.717, 1.165) is 6.07 Å². The number of rotatable bonds is 3. The largest absolute Gasteiger partial charge is 0.292 e. The molecule has 0 aliphatic rings. The maximum atomic E-state index is 13.3. The van der Waals surface area contributed by atoms with Gasteiger partial charge in [-0.05, 0) is 29.8 Å². The third kappa shape index (κ3) is 3.04. The molecular weight excluding hydrogens is 311 g/mol. The van der Waals surface area contributed by atoms with Gasteiger partial charge in [0.25, 0.3) is 0 Å². The Morgan fingerprint density at radius 1 is 1.42 bits per heavy atom. The smallest absolute Gasteiger partial charge is 0.184 e. The third-order valence-electron chi connectivity index (χ3n) is 2.56. The molecule has 0 radical (unpaired) electrons. The minimum absolute atomic E-state index is 0.155. The summed E-state index contributed by atoms with van der Waals surface area (Å²) in [6.07, 6.45) is 3.02. The van der Waals surface area contributed by atoms with E-state index in [9.17, 15) is 9.18 Å². The first-order chi connectivity index (χ1) is 9.11. The molecule has 2 aromatic rings. The molecule has 3 nitrogen and oxygen atoms in total. The molecular formula is C14H8BrFN2O. The third-order valence-corrected chi connectivity index (χ3v) is 3.01. The fourth-order valence-corrected chi connectivity index (χ4v) is 2.16. The summed E-state index contributed by atoms with van der Waals surface area (Å²) in [5, 5.41) is 9.15. The molecule has 0 saturated carbocycles. The minimum Gasteiger partial charge on any atom is -0.292 e. The molecule has 1 unspecified atom stereocenters. The zero-order valence-corrected chi connectivity index (χ0v) is 11.3. The molecule has 0 amide bonds. The highest BCUT2D eigenvalue weighted by Gasteiger charge is 2.22. The van der Waals surface area contributed by atoms with Gasteiger partial charge in [0, 0.05) is 22.4 Å². The van der Waals surface area contributed by atoms with Crippen molar-refractivity contribution in [2.75, 3.05) is 0 Å². The highest BCUT2D eigenvalue weighted by atomic mass is 79.9. The second kappa shape index (κ2) is 5.72. The van der Waals surface area contributed by atoms with Crippen molar-refractivity contribution in [1.29, 1.82) is 5.26 Å². The minimum atomic E-state index is -0.984.